The first-order chi connectivity index (χ1) is 22.3. The number of ether oxygens (including phenoxy) is 1. The molecule has 46 heavy (non-hydrogen) atoms. The molecule has 1 unspecified atom stereocenters. The minimum atomic E-state index is -3.80. The van der Waals surface area contributed by atoms with E-state index >= 15 is 0 Å². The Balaban J connectivity index is 1.28. The number of sulfonamides is 1. The quantitative estimate of drug-likeness (QED) is 0.0615. The maximum atomic E-state index is 12.7. The molecule has 0 fully saturated rings. The van der Waals surface area contributed by atoms with E-state index in [0.717, 1.165) is 33.8 Å². The Bertz CT molecular complexity index is 1700. The molecule has 5 aromatic rings. The molecule has 10 heteroatoms. The minimum absolute atomic E-state index is 0.0673. The Morgan fingerprint density at radius 1 is 0.848 bits per heavy atom. The molecule has 0 radical (unpaired) electrons. The number of hydrogen-bond acceptors (Lipinski definition) is 5. The van der Waals surface area contributed by atoms with Crippen LogP contribution in [0.4, 0.5) is 4.79 Å². The smallest absolute Gasteiger partial charge is 0.450 e. The largest absolute Gasteiger partial charge is 0.506 e. The zero-order valence-electron chi connectivity index (χ0n) is 25.2. The van der Waals surface area contributed by atoms with E-state index in [2.05, 4.69) is 46.1 Å². The summed E-state index contributed by atoms with van der Waals surface area (Å²) in [6, 6.07) is 37.7. The number of hydrogen-bond donors (Lipinski definition) is 3. The maximum absolute atomic E-state index is 12.7. The van der Waals surface area contributed by atoms with Crippen LogP contribution in [0.2, 0.25) is 5.02 Å². The first-order valence-corrected chi connectivity index (χ1v) is 17.1. The summed E-state index contributed by atoms with van der Waals surface area (Å²) < 4.78 is 33.0. The van der Waals surface area contributed by atoms with Crippen LogP contribution in [0.3, 0.4) is 0 Å². The monoisotopic (exact) mass is 657 g/mol. The Kier molecular flexibility index (Phi) is 10.9. The number of aromatic amines is 1. The van der Waals surface area contributed by atoms with Crippen LogP contribution in [0, 0.1) is 0 Å². The molecule has 0 spiro atoms. The molecule has 0 saturated heterocycles. The zero-order valence-corrected chi connectivity index (χ0v) is 26.8. The lowest BCUT2D eigenvalue weighted by atomic mass is 9.69. The molecular weight excluding hydrogens is 622 g/mol. The van der Waals surface area contributed by atoms with E-state index in [0.29, 0.717) is 24.3 Å². The Hall–Kier alpha value is -4.44. The summed E-state index contributed by atoms with van der Waals surface area (Å²) in [6.45, 7) is 0.0673. The van der Waals surface area contributed by atoms with Gasteiger partial charge in [0.05, 0.1) is 0 Å². The predicted octanol–water partition coefficient (Wildman–Crippen LogP) is 7.34. The van der Waals surface area contributed by atoms with E-state index in [-0.39, 0.29) is 13.0 Å². The number of carbonyl (C=O) groups is 1. The Morgan fingerprint density at radius 3 is 1.91 bits per heavy atom. The van der Waals surface area contributed by atoms with Crippen LogP contribution < -0.4 is 4.72 Å². The van der Waals surface area contributed by atoms with Crippen molar-refractivity contribution in [3.05, 3.63) is 160 Å². The van der Waals surface area contributed by atoms with E-state index in [1.54, 1.807) is 24.3 Å². The van der Waals surface area contributed by atoms with Crippen LogP contribution in [0.5, 0.6) is 0 Å². The van der Waals surface area contributed by atoms with Crippen LogP contribution >= 0.6 is 11.6 Å². The second kappa shape index (κ2) is 15.2. The number of nitrogens with zero attached hydrogens (tertiary/aromatic N) is 1. The van der Waals surface area contributed by atoms with Gasteiger partial charge in [-0.1, -0.05) is 115 Å². The first kappa shape index (κ1) is 32.9. The molecule has 1 atom stereocenters. The average molecular weight is 658 g/mol. The molecule has 4 aromatic carbocycles. The fourth-order valence-corrected chi connectivity index (χ4v) is 7.11. The van der Waals surface area contributed by atoms with Gasteiger partial charge in [0.15, 0.2) is 0 Å². The third-order valence-corrected chi connectivity index (χ3v) is 9.56. The summed E-state index contributed by atoms with van der Waals surface area (Å²) in [5, 5.41) is 9.80. The van der Waals surface area contributed by atoms with E-state index < -0.39 is 33.5 Å². The fourth-order valence-electron chi connectivity index (χ4n) is 5.76. The van der Waals surface area contributed by atoms with Gasteiger partial charge in [0, 0.05) is 23.5 Å². The van der Waals surface area contributed by atoms with Crippen molar-refractivity contribution in [2.45, 2.75) is 43.7 Å². The molecule has 0 saturated carbocycles. The van der Waals surface area contributed by atoms with Crippen molar-refractivity contribution in [1.29, 1.82) is 0 Å². The van der Waals surface area contributed by atoms with E-state index in [9.17, 15) is 18.3 Å². The molecule has 5 rings (SSSR count). The molecular formula is C36H36ClN3O5S. The highest BCUT2D eigenvalue weighted by Crippen LogP contribution is 2.43. The van der Waals surface area contributed by atoms with Gasteiger partial charge in [-0.15, -0.1) is 0 Å². The molecule has 0 aliphatic heterocycles. The Labute approximate surface area is 274 Å². The first-order valence-electron chi connectivity index (χ1n) is 15.1. The van der Waals surface area contributed by atoms with E-state index in [4.69, 9.17) is 21.3 Å². The molecule has 8 nitrogen and oxygen atoms in total. The number of imidazole rings is 1. The van der Waals surface area contributed by atoms with Crippen molar-refractivity contribution in [3.8, 4) is 0 Å². The van der Waals surface area contributed by atoms with Gasteiger partial charge in [-0.25, -0.2) is 22.9 Å². The molecule has 0 amide bonds. The zero-order chi connectivity index (χ0) is 32.4. The summed E-state index contributed by atoms with van der Waals surface area (Å²) in [7, 11) is -3.80. The fraction of sp³-hybridized carbons (Fsp3) is 0.222. The molecule has 0 aliphatic carbocycles. The predicted molar refractivity (Wildman–Crippen MR) is 179 cm³/mol. The van der Waals surface area contributed by atoms with E-state index in [1.165, 1.54) is 0 Å². The summed E-state index contributed by atoms with van der Waals surface area (Å²) >= 11 is 5.90. The number of halogens is 1. The van der Waals surface area contributed by atoms with Gasteiger partial charge in [-0.2, -0.15) is 0 Å². The second-order valence-corrected chi connectivity index (χ2v) is 13.4. The number of rotatable bonds is 15. The standard InChI is InChI=1S/C36H36ClN3O5S/c37-31-22-20-27(21-23-31)24-39-46(43,44)26-33(45-35(41)42)19-11-10-18-32-25-38-34(40-32)36(28-12-4-1-5-13-28,29-14-6-2-7-15-29)30-16-8-3-9-17-30/h1-9,12-17,20-23,25,33,39H,10-11,18-19,24,26H2,(H,38,40)(H,41,42). The van der Waals surface area contributed by atoms with Gasteiger partial charge < -0.3 is 14.8 Å². The lowest BCUT2D eigenvalue weighted by Gasteiger charge is -2.34. The van der Waals surface area contributed by atoms with Gasteiger partial charge in [0.25, 0.3) is 0 Å². The van der Waals surface area contributed by atoms with Gasteiger partial charge >= 0.3 is 6.16 Å². The number of aromatic nitrogens is 2. The highest BCUT2D eigenvalue weighted by Gasteiger charge is 2.40. The Morgan fingerprint density at radius 2 is 1.39 bits per heavy atom. The number of carboxylic acid groups (broad SMARTS) is 1. The highest BCUT2D eigenvalue weighted by atomic mass is 35.5. The number of nitrogens with one attached hydrogen (secondary N) is 2. The van der Waals surface area contributed by atoms with Gasteiger partial charge in [0.2, 0.25) is 10.0 Å². The normalized spacial score (nSPS) is 12.5. The summed E-state index contributed by atoms with van der Waals surface area (Å²) in [6.07, 6.45) is 1.47. The SMILES string of the molecule is O=C(O)OC(CCCCc1cnc(C(c2ccccc2)(c2ccccc2)c2ccccc2)[nH]1)CS(=O)(=O)NCc1ccc(Cl)cc1. The summed E-state index contributed by atoms with van der Waals surface area (Å²) in [5.41, 5.74) is 4.21. The van der Waals surface area contributed by atoms with Crippen molar-refractivity contribution in [2.75, 3.05) is 5.75 Å². The van der Waals surface area contributed by atoms with E-state index in [1.807, 2.05) is 60.8 Å². The van der Waals surface area contributed by atoms with Crippen LogP contribution in [-0.4, -0.2) is 41.5 Å². The molecule has 3 N–H and O–H groups in total. The van der Waals surface area contributed by atoms with Gasteiger partial charge in [-0.05, 0) is 60.1 Å². The number of unbranched alkanes of at least 4 members (excludes halogenated alkanes) is 1. The third kappa shape index (κ3) is 8.23. The molecule has 1 aromatic heterocycles. The average Bonchev–Trinajstić information content (AvgIpc) is 3.53. The van der Waals surface area contributed by atoms with Crippen LogP contribution in [-0.2, 0) is 33.1 Å². The van der Waals surface area contributed by atoms with Crippen molar-refractivity contribution in [2.24, 2.45) is 0 Å². The molecule has 238 valence electrons. The van der Waals surface area contributed by atoms with Crippen molar-refractivity contribution in [1.82, 2.24) is 14.7 Å². The lowest BCUT2D eigenvalue weighted by Crippen LogP contribution is -2.34. The van der Waals surface area contributed by atoms with Crippen molar-refractivity contribution >= 4 is 27.8 Å². The number of H-pyrrole nitrogens is 1. The molecule has 0 aliphatic rings. The van der Waals surface area contributed by atoms with Crippen LogP contribution in [0.1, 0.15) is 53.0 Å². The summed E-state index contributed by atoms with van der Waals surface area (Å²) in [4.78, 5) is 19.9. The van der Waals surface area contributed by atoms with Gasteiger partial charge in [-0.3, -0.25) is 0 Å². The minimum Gasteiger partial charge on any atom is -0.450 e. The maximum Gasteiger partial charge on any atom is 0.506 e. The highest BCUT2D eigenvalue weighted by molar-refractivity contribution is 7.89. The van der Waals surface area contributed by atoms with Crippen LogP contribution in [0.15, 0.2) is 121 Å². The topological polar surface area (TPSA) is 121 Å². The lowest BCUT2D eigenvalue weighted by molar-refractivity contribution is 0.0560. The molecule has 0 bridgehead atoms. The molecule has 1 heterocycles. The number of benzene rings is 4. The summed E-state index contributed by atoms with van der Waals surface area (Å²) in [5.74, 6) is 0.325. The second-order valence-electron chi connectivity index (χ2n) is 11.1. The number of aryl methyl sites for hydroxylation is 1. The van der Waals surface area contributed by atoms with Crippen LogP contribution in [0.25, 0.3) is 0 Å². The van der Waals surface area contributed by atoms with Gasteiger partial charge in [0.1, 0.15) is 23.1 Å². The van der Waals surface area contributed by atoms with Crippen molar-refractivity contribution < 1.29 is 23.1 Å². The third-order valence-electron chi connectivity index (χ3n) is 7.91. The van der Waals surface area contributed by atoms with Crippen molar-refractivity contribution in [3.63, 3.8) is 0 Å².